The van der Waals surface area contributed by atoms with Crippen molar-refractivity contribution >= 4 is 34.7 Å². The molecule has 18 nitrogen and oxygen atoms in total. The zero-order valence-corrected chi connectivity index (χ0v) is 45.1. The normalized spacial score (nSPS) is 12.9. The van der Waals surface area contributed by atoms with Gasteiger partial charge in [-0.1, -0.05) is 71.6 Å². The Hall–Kier alpha value is -8.28. The highest BCUT2D eigenvalue weighted by Gasteiger charge is 2.39. The smallest absolute Gasteiger partial charge is 0.251 e. The molecule has 3 aliphatic rings. The van der Waals surface area contributed by atoms with Gasteiger partial charge < -0.3 is 28.7 Å². The third-order valence-electron chi connectivity index (χ3n) is 14.4. The molecule has 0 bridgehead atoms. The molecule has 0 aromatic carbocycles. The summed E-state index contributed by atoms with van der Waals surface area (Å²) in [7, 11) is 0. The first-order chi connectivity index (χ1) is 36.6. The quantitative estimate of drug-likeness (QED) is 0.0918. The van der Waals surface area contributed by atoms with Gasteiger partial charge in [0.1, 0.15) is 34.2 Å². The molecule has 6 heterocycles. The Kier molecular flexibility index (Phi) is 17.1. The molecule has 18 heteroatoms. The van der Waals surface area contributed by atoms with E-state index in [4.69, 9.17) is 0 Å². The van der Waals surface area contributed by atoms with Gasteiger partial charge in [-0.15, -0.1) is 0 Å². The highest BCUT2D eigenvalue weighted by atomic mass is 16.2. The van der Waals surface area contributed by atoms with Crippen molar-refractivity contribution in [1.82, 2.24) is 28.7 Å². The molecule has 77 heavy (non-hydrogen) atoms. The fraction of sp³-hybridized carbons (Fsp3) is 0.390. The molecule has 3 N–H and O–H groups in total. The summed E-state index contributed by atoms with van der Waals surface area (Å²) in [5.41, 5.74) is 2.22. The second kappa shape index (κ2) is 23.3. The molecule has 0 saturated heterocycles. The van der Waals surface area contributed by atoms with Crippen molar-refractivity contribution < 1.29 is 28.8 Å². The van der Waals surface area contributed by atoms with Gasteiger partial charge >= 0.3 is 0 Å². The van der Waals surface area contributed by atoms with Crippen LogP contribution in [0.3, 0.4) is 0 Å². The number of nitrogens with zero attached hydrogens (tertiary/aromatic N) is 3. The van der Waals surface area contributed by atoms with Crippen LogP contribution in [0.4, 0.5) is 0 Å². The molecule has 0 saturated carbocycles. The highest BCUT2D eigenvalue weighted by molar-refractivity contribution is 6.29. The van der Waals surface area contributed by atoms with Gasteiger partial charge in [-0.3, -0.25) is 57.5 Å². The van der Waals surface area contributed by atoms with Crippen LogP contribution < -0.4 is 33.4 Å². The maximum Gasteiger partial charge on any atom is 0.251 e. The van der Waals surface area contributed by atoms with Crippen molar-refractivity contribution in [1.29, 1.82) is 0 Å². The Morgan fingerprint density at radius 1 is 0.312 bits per heavy atom. The number of aromatic nitrogens is 6. The predicted molar refractivity (Wildman–Crippen MR) is 290 cm³/mol. The molecule has 0 fully saturated rings. The maximum absolute atomic E-state index is 13.3. The number of unbranched alkanes of at least 4 members (excludes halogenated alkanes) is 9. The van der Waals surface area contributed by atoms with E-state index in [2.05, 4.69) is 21.9 Å². The van der Waals surface area contributed by atoms with Crippen LogP contribution in [-0.4, -0.2) is 63.4 Å². The van der Waals surface area contributed by atoms with Crippen molar-refractivity contribution in [3.05, 3.63) is 199 Å². The van der Waals surface area contributed by atoms with Crippen LogP contribution in [-0.2, 0) is 19.6 Å². The first-order valence-corrected chi connectivity index (χ1v) is 26.3. The minimum Gasteiger partial charge on any atom is -0.318 e. The first kappa shape index (κ1) is 56.4. The van der Waals surface area contributed by atoms with E-state index in [1.807, 2.05) is 6.92 Å². The second-order valence-corrected chi connectivity index (χ2v) is 20.1. The van der Waals surface area contributed by atoms with E-state index in [0.717, 1.165) is 19.3 Å². The number of aryl methyl sites for hydroxylation is 6. The number of aromatic amines is 3. The third-order valence-corrected chi connectivity index (χ3v) is 14.4. The molecule has 9 rings (SSSR count). The molecular formula is C59H64N6O12. The molecule has 0 aliphatic heterocycles. The van der Waals surface area contributed by atoms with Crippen molar-refractivity contribution in [2.75, 3.05) is 0 Å². The summed E-state index contributed by atoms with van der Waals surface area (Å²) < 4.78 is 4.02. The predicted octanol–water partition coefficient (Wildman–Crippen LogP) is 7.14. The molecule has 0 unspecified atom stereocenters. The molecule has 402 valence electrons. The number of pyridine rings is 6. The maximum atomic E-state index is 13.3. The van der Waals surface area contributed by atoms with Crippen LogP contribution in [0, 0.1) is 41.5 Å². The minimum atomic E-state index is -0.493. The van der Waals surface area contributed by atoms with E-state index in [-0.39, 0.29) is 108 Å². The van der Waals surface area contributed by atoms with Gasteiger partial charge in [0, 0.05) is 56.0 Å². The average molecular weight is 1050 g/mol. The minimum absolute atomic E-state index is 0.00526. The van der Waals surface area contributed by atoms with Gasteiger partial charge in [0.05, 0.1) is 33.4 Å². The average Bonchev–Trinajstić information content (AvgIpc) is 3.36. The lowest BCUT2D eigenvalue weighted by Gasteiger charge is -2.23. The lowest BCUT2D eigenvalue weighted by Crippen LogP contribution is -2.35. The summed E-state index contributed by atoms with van der Waals surface area (Å²) in [5, 5.41) is 0. The Balaban J connectivity index is 0.000000172. The van der Waals surface area contributed by atoms with Crippen LogP contribution in [0.1, 0.15) is 221 Å². The topological polar surface area (TPSA) is 267 Å². The summed E-state index contributed by atoms with van der Waals surface area (Å²) in [6.45, 7) is 16.7. The monoisotopic (exact) mass is 1050 g/mol. The van der Waals surface area contributed by atoms with E-state index in [0.29, 0.717) is 52.9 Å². The van der Waals surface area contributed by atoms with Gasteiger partial charge in [-0.25, -0.2) is 0 Å². The number of carbonyl (C=O) groups excluding carboxylic acids is 6. The summed E-state index contributed by atoms with van der Waals surface area (Å²) >= 11 is 0. The van der Waals surface area contributed by atoms with E-state index < -0.39 is 34.0 Å². The highest BCUT2D eigenvalue weighted by Crippen LogP contribution is 2.32. The van der Waals surface area contributed by atoms with Crippen LogP contribution in [0.5, 0.6) is 0 Å². The number of fused-ring (bicyclic) bond motifs is 6. The second-order valence-electron chi connectivity index (χ2n) is 20.1. The zero-order valence-electron chi connectivity index (χ0n) is 45.1. The summed E-state index contributed by atoms with van der Waals surface area (Å²) in [4.78, 5) is 158. The van der Waals surface area contributed by atoms with E-state index in [9.17, 15) is 57.5 Å². The Labute approximate surface area is 442 Å². The van der Waals surface area contributed by atoms with E-state index in [1.165, 1.54) is 95.0 Å². The van der Waals surface area contributed by atoms with Crippen molar-refractivity contribution in [2.45, 2.75) is 153 Å². The molecule has 0 radical (unpaired) electrons. The number of ketones is 6. The summed E-state index contributed by atoms with van der Waals surface area (Å²) in [6, 6.07) is 8.09. The lowest BCUT2D eigenvalue weighted by molar-refractivity contribution is 0.0965. The summed E-state index contributed by atoms with van der Waals surface area (Å²) in [5.74, 6) is -2.40. The zero-order chi connectivity index (χ0) is 56.3. The molecule has 6 aromatic heterocycles. The summed E-state index contributed by atoms with van der Waals surface area (Å²) in [6.07, 6.45) is 12.4. The molecule has 0 atom stereocenters. The number of carbonyl (C=O) groups is 6. The SMILES string of the molecule is CCCCCCCCCCCCn1c2c(c(C)cc1=O)C(=O)c1c(C)cc(=O)[nH]c1C2=O.CCCn1c2c(c(C)cc1=O)C(=O)c1c(C)cc(=O)[nH]c1C2=O.CCn1c2c(c(C)cc1=O)C(=O)c1c(C)cc(=O)[nH]c1C2=O. The van der Waals surface area contributed by atoms with E-state index >= 15 is 0 Å². The molecule has 0 amide bonds. The molecule has 3 aliphatic carbocycles. The van der Waals surface area contributed by atoms with Gasteiger partial charge in [-0.2, -0.15) is 0 Å². The van der Waals surface area contributed by atoms with Gasteiger partial charge in [0.25, 0.3) is 16.7 Å². The Morgan fingerprint density at radius 2 is 0.597 bits per heavy atom. The van der Waals surface area contributed by atoms with Gasteiger partial charge in [0.15, 0.2) is 17.3 Å². The van der Waals surface area contributed by atoms with Gasteiger partial charge in [-0.05, 0) is 94.7 Å². The third kappa shape index (κ3) is 10.8. The number of hydrogen-bond donors (Lipinski definition) is 3. The fourth-order valence-electron chi connectivity index (χ4n) is 10.8. The van der Waals surface area contributed by atoms with Crippen molar-refractivity contribution in [3.8, 4) is 0 Å². The standard InChI is InChI=1S/C26H34N2O4.C17H16N2O4.C16H14N2O4/c1-4-5-6-7-8-9-10-11-12-13-14-28-20(30)16-18(3)22-24(28)26(32)23-21(25(22)31)17(2)15-19(29)27-23;1-4-5-19-11(21)7-9(3)13-15(19)17(23)14-12(16(13)22)8(2)6-10(20)18-14;1-4-18-10(20)6-8(3)12-14(18)16(22)13-11(15(12)21)7(2)5-9(19)17-13/h15-16H,4-14H2,1-3H3,(H,27,29);6-7H,4-5H2,1-3H3,(H,18,20);5-6H,4H2,1-3H3,(H,17,19). The number of hydrogen-bond acceptors (Lipinski definition) is 12. The molecule has 0 spiro atoms. The van der Waals surface area contributed by atoms with Crippen molar-refractivity contribution in [2.24, 2.45) is 0 Å². The lowest BCUT2D eigenvalue weighted by atomic mass is 9.85. The first-order valence-electron chi connectivity index (χ1n) is 26.3. The molecule has 6 aromatic rings. The number of H-pyrrole nitrogens is 3. The van der Waals surface area contributed by atoms with Crippen molar-refractivity contribution in [3.63, 3.8) is 0 Å². The van der Waals surface area contributed by atoms with E-state index in [1.54, 1.807) is 48.5 Å². The van der Waals surface area contributed by atoms with Crippen LogP contribution >= 0.6 is 0 Å². The number of rotatable bonds is 14. The Bertz CT molecular complexity index is 3860. The van der Waals surface area contributed by atoms with Crippen LogP contribution in [0.25, 0.3) is 0 Å². The Morgan fingerprint density at radius 3 is 0.922 bits per heavy atom. The van der Waals surface area contributed by atoms with Crippen LogP contribution in [0.15, 0.2) is 65.2 Å². The molecular weight excluding hydrogens is 985 g/mol. The van der Waals surface area contributed by atoms with Gasteiger partial charge in [0.2, 0.25) is 34.0 Å². The van der Waals surface area contributed by atoms with Crippen LogP contribution in [0.2, 0.25) is 0 Å². The fourth-order valence-corrected chi connectivity index (χ4v) is 10.8. The largest absolute Gasteiger partial charge is 0.318 e. The number of nitrogens with one attached hydrogen (secondary N) is 3.